The van der Waals surface area contributed by atoms with E-state index in [0.717, 1.165) is 12.1 Å². The summed E-state index contributed by atoms with van der Waals surface area (Å²) in [4.78, 5) is 25.4. The van der Waals surface area contributed by atoms with Crippen LogP contribution in [0.25, 0.3) is 0 Å². The van der Waals surface area contributed by atoms with Crippen molar-refractivity contribution in [2.24, 2.45) is 0 Å². The number of carbonyl (C=O) groups excluding carboxylic acids is 2. The predicted octanol–water partition coefficient (Wildman–Crippen LogP) is 3.72. The van der Waals surface area contributed by atoms with Crippen LogP contribution in [0, 0.1) is 0 Å². The van der Waals surface area contributed by atoms with Gasteiger partial charge in [0.15, 0.2) is 5.78 Å². The van der Waals surface area contributed by atoms with Crippen LogP contribution in [-0.4, -0.2) is 21.5 Å². The minimum atomic E-state index is -0.299. The van der Waals surface area contributed by atoms with Gasteiger partial charge >= 0.3 is 0 Å². The Labute approximate surface area is 156 Å². The molecule has 6 heteroatoms. The van der Waals surface area contributed by atoms with Gasteiger partial charge in [0.2, 0.25) is 0 Å². The maximum Gasteiger partial charge on any atom is 0.252 e. The summed E-state index contributed by atoms with van der Waals surface area (Å²) in [6.07, 6.45) is 3.60. The molecule has 0 atom stereocenters. The van der Waals surface area contributed by atoms with Gasteiger partial charge in [0.1, 0.15) is 0 Å². The molecule has 0 bridgehead atoms. The van der Waals surface area contributed by atoms with E-state index in [1.165, 1.54) is 0 Å². The van der Waals surface area contributed by atoms with Gasteiger partial charge in [-0.2, -0.15) is 5.10 Å². The molecule has 0 fully saturated rings. The molecule has 0 aliphatic carbocycles. The minimum Gasteiger partial charge on any atom is -0.348 e. The van der Waals surface area contributed by atoms with Crippen molar-refractivity contribution in [3.05, 3.63) is 88.2 Å². The molecule has 0 aliphatic rings. The first-order valence-corrected chi connectivity index (χ1v) is 8.65. The van der Waals surface area contributed by atoms with E-state index in [-0.39, 0.29) is 11.7 Å². The molecule has 0 spiro atoms. The van der Waals surface area contributed by atoms with E-state index in [4.69, 9.17) is 11.6 Å². The molecule has 1 heterocycles. The number of benzene rings is 2. The number of rotatable bonds is 6. The van der Waals surface area contributed by atoms with Crippen LogP contribution in [0.2, 0.25) is 5.02 Å². The average Bonchev–Trinajstić information content (AvgIpc) is 3.14. The van der Waals surface area contributed by atoms with Crippen LogP contribution < -0.4 is 5.32 Å². The molecule has 3 rings (SSSR count). The SMILES string of the molecule is CCn1cc(CNC(=O)c2ccccc2C(=O)c2ccc(Cl)cc2)cn1. The quantitative estimate of drug-likeness (QED) is 0.675. The fourth-order valence-corrected chi connectivity index (χ4v) is 2.71. The fraction of sp³-hybridized carbons (Fsp3) is 0.150. The van der Waals surface area contributed by atoms with E-state index in [1.54, 1.807) is 59.4 Å². The topological polar surface area (TPSA) is 64.0 Å². The largest absolute Gasteiger partial charge is 0.348 e. The van der Waals surface area contributed by atoms with Gasteiger partial charge in [0.25, 0.3) is 5.91 Å². The molecule has 1 aromatic heterocycles. The number of aryl methyl sites for hydroxylation is 1. The maximum atomic E-state index is 12.8. The van der Waals surface area contributed by atoms with Gasteiger partial charge in [0.05, 0.1) is 11.8 Å². The average molecular weight is 368 g/mol. The van der Waals surface area contributed by atoms with Crippen molar-refractivity contribution < 1.29 is 9.59 Å². The van der Waals surface area contributed by atoms with Gasteiger partial charge in [-0.3, -0.25) is 14.3 Å². The lowest BCUT2D eigenvalue weighted by atomic mass is 9.98. The number of ketones is 1. The van der Waals surface area contributed by atoms with Gasteiger partial charge in [-0.15, -0.1) is 0 Å². The number of carbonyl (C=O) groups is 2. The van der Waals surface area contributed by atoms with Crippen LogP contribution >= 0.6 is 11.6 Å². The van der Waals surface area contributed by atoms with Gasteiger partial charge in [0, 0.05) is 41.0 Å². The molecule has 132 valence electrons. The summed E-state index contributed by atoms with van der Waals surface area (Å²) in [5.74, 6) is -0.515. The molecule has 26 heavy (non-hydrogen) atoms. The van der Waals surface area contributed by atoms with Crippen molar-refractivity contribution in [3.8, 4) is 0 Å². The van der Waals surface area contributed by atoms with Crippen LogP contribution in [0.15, 0.2) is 60.9 Å². The van der Waals surface area contributed by atoms with Crippen LogP contribution in [0.1, 0.15) is 38.8 Å². The summed E-state index contributed by atoms with van der Waals surface area (Å²) in [7, 11) is 0. The highest BCUT2D eigenvalue weighted by molar-refractivity contribution is 6.30. The van der Waals surface area contributed by atoms with Gasteiger partial charge in [-0.05, 0) is 37.3 Å². The maximum absolute atomic E-state index is 12.8. The van der Waals surface area contributed by atoms with Crippen molar-refractivity contribution in [1.29, 1.82) is 0 Å². The molecule has 2 aromatic carbocycles. The van der Waals surface area contributed by atoms with Gasteiger partial charge in [-0.25, -0.2) is 0 Å². The first-order valence-electron chi connectivity index (χ1n) is 8.27. The molecule has 0 radical (unpaired) electrons. The Morgan fingerprint density at radius 2 is 1.77 bits per heavy atom. The third-order valence-corrected chi connectivity index (χ3v) is 4.24. The minimum absolute atomic E-state index is 0.216. The zero-order chi connectivity index (χ0) is 18.5. The third kappa shape index (κ3) is 4.00. The Kier molecular flexibility index (Phi) is 5.49. The Morgan fingerprint density at radius 3 is 2.42 bits per heavy atom. The van der Waals surface area contributed by atoms with E-state index in [0.29, 0.717) is 28.3 Å². The molecule has 0 unspecified atom stereocenters. The van der Waals surface area contributed by atoms with Crippen molar-refractivity contribution in [2.75, 3.05) is 0 Å². The monoisotopic (exact) mass is 367 g/mol. The summed E-state index contributed by atoms with van der Waals surface area (Å²) in [5.41, 5.74) is 2.09. The lowest BCUT2D eigenvalue weighted by molar-refractivity contribution is 0.0939. The fourth-order valence-electron chi connectivity index (χ4n) is 2.58. The molecular formula is C20H18ClN3O2. The van der Waals surface area contributed by atoms with E-state index < -0.39 is 0 Å². The molecular weight excluding hydrogens is 350 g/mol. The number of hydrogen-bond acceptors (Lipinski definition) is 3. The zero-order valence-electron chi connectivity index (χ0n) is 14.3. The first kappa shape index (κ1) is 17.9. The second-order valence-corrected chi connectivity index (χ2v) is 6.20. The Morgan fingerprint density at radius 1 is 1.08 bits per heavy atom. The lowest BCUT2D eigenvalue weighted by Gasteiger charge is -2.09. The second kappa shape index (κ2) is 7.97. The highest BCUT2D eigenvalue weighted by Gasteiger charge is 2.18. The summed E-state index contributed by atoms with van der Waals surface area (Å²) in [5, 5.41) is 7.58. The molecule has 1 N–H and O–H groups in total. The van der Waals surface area contributed by atoms with Crippen molar-refractivity contribution >= 4 is 23.3 Å². The zero-order valence-corrected chi connectivity index (χ0v) is 15.0. The van der Waals surface area contributed by atoms with E-state index in [2.05, 4.69) is 10.4 Å². The molecule has 1 amide bonds. The summed E-state index contributed by atoms with van der Waals surface area (Å²) in [6, 6.07) is 13.4. The summed E-state index contributed by atoms with van der Waals surface area (Å²) >= 11 is 5.87. The van der Waals surface area contributed by atoms with Crippen LogP contribution in [-0.2, 0) is 13.1 Å². The third-order valence-electron chi connectivity index (χ3n) is 3.99. The Hall–Kier alpha value is -2.92. The number of aromatic nitrogens is 2. The number of nitrogens with zero attached hydrogens (tertiary/aromatic N) is 2. The number of nitrogens with one attached hydrogen (secondary N) is 1. The van der Waals surface area contributed by atoms with Gasteiger partial charge < -0.3 is 5.32 Å². The highest BCUT2D eigenvalue weighted by atomic mass is 35.5. The molecule has 5 nitrogen and oxygen atoms in total. The smallest absolute Gasteiger partial charge is 0.252 e. The van der Waals surface area contributed by atoms with E-state index in [9.17, 15) is 9.59 Å². The van der Waals surface area contributed by atoms with Gasteiger partial charge in [-0.1, -0.05) is 29.8 Å². The van der Waals surface area contributed by atoms with Crippen LogP contribution in [0.5, 0.6) is 0 Å². The number of hydrogen-bond donors (Lipinski definition) is 1. The molecule has 3 aromatic rings. The highest BCUT2D eigenvalue weighted by Crippen LogP contribution is 2.17. The molecule has 0 saturated heterocycles. The number of amides is 1. The molecule has 0 aliphatic heterocycles. The van der Waals surface area contributed by atoms with Crippen molar-refractivity contribution in [1.82, 2.24) is 15.1 Å². The Bertz CT molecular complexity index is 932. The summed E-state index contributed by atoms with van der Waals surface area (Å²) < 4.78 is 1.79. The lowest BCUT2D eigenvalue weighted by Crippen LogP contribution is -2.25. The first-order chi connectivity index (χ1) is 12.6. The number of halogens is 1. The van der Waals surface area contributed by atoms with E-state index in [1.807, 2.05) is 13.1 Å². The predicted molar refractivity (Wildman–Crippen MR) is 100 cm³/mol. The molecule has 0 saturated carbocycles. The van der Waals surface area contributed by atoms with Crippen LogP contribution in [0.3, 0.4) is 0 Å². The normalized spacial score (nSPS) is 10.5. The van der Waals surface area contributed by atoms with Crippen molar-refractivity contribution in [2.45, 2.75) is 20.0 Å². The van der Waals surface area contributed by atoms with Crippen LogP contribution in [0.4, 0.5) is 0 Å². The standard InChI is InChI=1S/C20H18ClN3O2/c1-2-24-13-14(12-23-24)11-22-20(26)18-6-4-3-5-17(18)19(25)15-7-9-16(21)10-8-15/h3-10,12-13H,2,11H2,1H3,(H,22,26). The Balaban J connectivity index is 1.78. The second-order valence-electron chi connectivity index (χ2n) is 5.77. The van der Waals surface area contributed by atoms with E-state index >= 15 is 0 Å². The summed E-state index contributed by atoms with van der Waals surface area (Å²) in [6.45, 7) is 3.11. The van der Waals surface area contributed by atoms with Crippen molar-refractivity contribution in [3.63, 3.8) is 0 Å².